The summed E-state index contributed by atoms with van der Waals surface area (Å²) in [5.41, 5.74) is 1.65. The number of likely N-dealkylation sites (N-methyl/N-ethyl adjacent to an activating group) is 1. The first-order valence-corrected chi connectivity index (χ1v) is 10.1. The summed E-state index contributed by atoms with van der Waals surface area (Å²) in [6, 6.07) is 17.1. The Labute approximate surface area is 166 Å². The van der Waals surface area contributed by atoms with Crippen molar-refractivity contribution in [1.82, 2.24) is 4.90 Å². The zero-order valence-corrected chi connectivity index (χ0v) is 16.5. The van der Waals surface area contributed by atoms with Crippen molar-refractivity contribution in [3.63, 3.8) is 0 Å². The van der Waals surface area contributed by atoms with E-state index in [2.05, 4.69) is 4.99 Å². The normalized spacial score (nSPS) is 16.8. The molecule has 2 aromatic rings. The van der Waals surface area contributed by atoms with E-state index in [-0.39, 0.29) is 12.5 Å². The van der Waals surface area contributed by atoms with Crippen LogP contribution in [0.4, 0.5) is 5.69 Å². The van der Waals surface area contributed by atoms with E-state index in [1.165, 1.54) is 11.8 Å². The van der Waals surface area contributed by atoms with Crippen LogP contribution in [0.1, 0.15) is 5.56 Å². The molecule has 0 unspecified atom stereocenters. The van der Waals surface area contributed by atoms with Gasteiger partial charge in [-0.2, -0.15) is 5.26 Å². The molecule has 1 heterocycles. The van der Waals surface area contributed by atoms with Crippen molar-refractivity contribution >= 4 is 46.4 Å². The third-order valence-corrected chi connectivity index (χ3v) is 5.53. The van der Waals surface area contributed by atoms with Gasteiger partial charge in [-0.25, -0.2) is 4.99 Å². The number of hydrogen-bond acceptors (Lipinski definition) is 6. The van der Waals surface area contributed by atoms with Crippen molar-refractivity contribution in [2.75, 3.05) is 19.9 Å². The fourth-order valence-corrected chi connectivity index (χ4v) is 3.84. The molecule has 0 aromatic heterocycles. The summed E-state index contributed by atoms with van der Waals surface area (Å²) < 4.78 is 5.31. The van der Waals surface area contributed by atoms with Crippen LogP contribution >= 0.6 is 23.5 Å². The number of rotatable bonds is 5. The number of amidine groups is 1. The van der Waals surface area contributed by atoms with E-state index in [1.807, 2.05) is 54.8 Å². The monoisotopic (exact) mass is 395 g/mol. The van der Waals surface area contributed by atoms with E-state index in [0.717, 1.165) is 16.1 Å². The van der Waals surface area contributed by atoms with E-state index in [4.69, 9.17) is 10.00 Å². The van der Waals surface area contributed by atoms with Gasteiger partial charge in [0.05, 0.1) is 10.6 Å². The van der Waals surface area contributed by atoms with Crippen LogP contribution in [-0.2, 0) is 4.79 Å². The number of carbonyl (C=O) groups excluding carboxylic acids is 1. The smallest absolute Gasteiger partial charge is 0.266 e. The van der Waals surface area contributed by atoms with Crippen molar-refractivity contribution < 1.29 is 9.53 Å². The average molecular weight is 396 g/mol. The summed E-state index contributed by atoms with van der Waals surface area (Å²) in [7, 11) is 1.72. The fourth-order valence-electron chi connectivity index (χ4n) is 2.40. The minimum absolute atomic E-state index is 0.0115. The Bertz CT molecular complexity index is 964. The third kappa shape index (κ3) is 4.73. The standard InChI is InChI=1S/C20H17N3O2S2/c1-23-19(24)18(12-14-5-3-7-16(11-14)25-10-9-21)27-20(23)22-15-6-4-8-17(13-15)26-2/h3-8,11-13H,10H2,1-2H3/b18-12+,22-20?. The first kappa shape index (κ1) is 19.1. The third-order valence-electron chi connectivity index (χ3n) is 3.74. The molecule has 0 aliphatic carbocycles. The first-order valence-electron chi connectivity index (χ1n) is 8.11. The second kappa shape index (κ2) is 8.80. The van der Waals surface area contributed by atoms with Crippen LogP contribution in [0.5, 0.6) is 5.75 Å². The lowest BCUT2D eigenvalue weighted by Crippen LogP contribution is -2.23. The number of amides is 1. The van der Waals surface area contributed by atoms with Crippen LogP contribution < -0.4 is 4.74 Å². The highest BCUT2D eigenvalue weighted by Crippen LogP contribution is 2.34. The lowest BCUT2D eigenvalue weighted by molar-refractivity contribution is -0.121. The van der Waals surface area contributed by atoms with Crippen LogP contribution in [0.15, 0.2) is 63.3 Å². The molecule has 0 atom stereocenters. The quantitative estimate of drug-likeness (QED) is 0.549. The molecule has 0 radical (unpaired) electrons. The van der Waals surface area contributed by atoms with Gasteiger partial charge in [0.15, 0.2) is 11.8 Å². The molecule has 3 rings (SSSR count). The van der Waals surface area contributed by atoms with Crippen molar-refractivity contribution in [3.05, 3.63) is 59.0 Å². The van der Waals surface area contributed by atoms with Crippen molar-refractivity contribution in [2.24, 2.45) is 4.99 Å². The molecule has 1 aliphatic rings. The maximum atomic E-state index is 12.6. The summed E-state index contributed by atoms with van der Waals surface area (Å²) in [4.78, 5) is 20.5. The summed E-state index contributed by atoms with van der Waals surface area (Å²) in [5, 5.41) is 9.26. The molecule has 5 nitrogen and oxygen atoms in total. The average Bonchev–Trinajstić information content (AvgIpc) is 2.94. The molecule has 0 bridgehead atoms. The minimum Gasteiger partial charge on any atom is -0.479 e. The molecule has 0 spiro atoms. The number of nitrogens with zero attached hydrogens (tertiary/aromatic N) is 3. The molecule has 1 fully saturated rings. The van der Waals surface area contributed by atoms with Gasteiger partial charge in [0.25, 0.3) is 5.91 Å². The topological polar surface area (TPSA) is 65.7 Å². The Morgan fingerprint density at radius 3 is 2.89 bits per heavy atom. The zero-order valence-electron chi connectivity index (χ0n) is 14.9. The minimum atomic E-state index is -0.0943. The number of thioether (sulfide) groups is 2. The van der Waals surface area contributed by atoms with Gasteiger partial charge in [-0.1, -0.05) is 18.2 Å². The molecule has 0 N–H and O–H groups in total. The Morgan fingerprint density at radius 2 is 2.11 bits per heavy atom. The van der Waals surface area contributed by atoms with Gasteiger partial charge in [0, 0.05) is 11.9 Å². The van der Waals surface area contributed by atoms with Crippen LogP contribution in [0.3, 0.4) is 0 Å². The predicted octanol–water partition coefficient (Wildman–Crippen LogP) is 4.54. The van der Waals surface area contributed by atoms with Gasteiger partial charge in [0.2, 0.25) is 0 Å². The number of carbonyl (C=O) groups is 1. The Hall–Kier alpha value is -2.69. The molecular weight excluding hydrogens is 378 g/mol. The number of ether oxygens (including phenoxy) is 1. The van der Waals surface area contributed by atoms with Gasteiger partial charge in [-0.05, 0) is 60.0 Å². The lowest BCUT2D eigenvalue weighted by atomic mass is 10.2. The van der Waals surface area contributed by atoms with E-state index in [1.54, 1.807) is 35.8 Å². The van der Waals surface area contributed by atoms with Gasteiger partial charge in [-0.3, -0.25) is 9.69 Å². The Balaban J connectivity index is 1.84. The molecule has 1 amide bonds. The van der Waals surface area contributed by atoms with Crippen LogP contribution in [0.2, 0.25) is 0 Å². The molecule has 136 valence electrons. The van der Waals surface area contributed by atoms with E-state index >= 15 is 0 Å². The van der Waals surface area contributed by atoms with Crippen LogP contribution in [0, 0.1) is 11.3 Å². The Morgan fingerprint density at radius 1 is 1.30 bits per heavy atom. The predicted molar refractivity (Wildman–Crippen MR) is 111 cm³/mol. The molecule has 1 saturated heterocycles. The van der Waals surface area contributed by atoms with E-state index < -0.39 is 0 Å². The van der Waals surface area contributed by atoms with Gasteiger partial charge in [-0.15, -0.1) is 11.8 Å². The number of hydrogen-bond donors (Lipinski definition) is 0. The molecule has 2 aromatic carbocycles. The van der Waals surface area contributed by atoms with Crippen molar-refractivity contribution in [1.29, 1.82) is 5.26 Å². The molecule has 7 heteroatoms. The second-order valence-corrected chi connectivity index (χ2v) is 7.48. The number of nitriles is 1. The molecule has 0 saturated carbocycles. The van der Waals surface area contributed by atoms with Gasteiger partial charge < -0.3 is 4.74 Å². The highest BCUT2D eigenvalue weighted by molar-refractivity contribution is 8.18. The maximum Gasteiger partial charge on any atom is 0.266 e. The second-order valence-electron chi connectivity index (χ2n) is 5.59. The number of aliphatic imine (C=N–C) groups is 1. The SMILES string of the molecule is CSc1cccc(N=C2S/C(=C/c3cccc(OCC#N)c3)C(=O)N2C)c1. The highest BCUT2D eigenvalue weighted by Gasteiger charge is 2.30. The highest BCUT2D eigenvalue weighted by atomic mass is 32.2. The molecular formula is C20H17N3O2S2. The summed E-state index contributed by atoms with van der Waals surface area (Å²) in [6.07, 6.45) is 3.82. The maximum absolute atomic E-state index is 12.6. The van der Waals surface area contributed by atoms with E-state index in [0.29, 0.717) is 15.8 Å². The van der Waals surface area contributed by atoms with Gasteiger partial charge >= 0.3 is 0 Å². The summed E-state index contributed by atoms with van der Waals surface area (Å²) in [6.45, 7) is -0.0115. The number of benzene rings is 2. The first-order chi connectivity index (χ1) is 13.1. The van der Waals surface area contributed by atoms with Crippen LogP contribution in [-0.4, -0.2) is 35.9 Å². The zero-order chi connectivity index (χ0) is 19.2. The molecule has 27 heavy (non-hydrogen) atoms. The largest absolute Gasteiger partial charge is 0.479 e. The van der Waals surface area contributed by atoms with Crippen molar-refractivity contribution in [2.45, 2.75) is 4.90 Å². The summed E-state index contributed by atoms with van der Waals surface area (Å²) in [5.74, 6) is 0.501. The van der Waals surface area contributed by atoms with Gasteiger partial charge in [0.1, 0.15) is 11.8 Å². The van der Waals surface area contributed by atoms with Crippen LogP contribution in [0.25, 0.3) is 6.08 Å². The van der Waals surface area contributed by atoms with Crippen molar-refractivity contribution in [3.8, 4) is 11.8 Å². The summed E-state index contributed by atoms with van der Waals surface area (Å²) >= 11 is 2.99. The lowest BCUT2D eigenvalue weighted by Gasteiger charge is -2.07. The van der Waals surface area contributed by atoms with E-state index in [9.17, 15) is 4.79 Å². The Kier molecular flexibility index (Phi) is 6.22. The molecule has 1 aliphatic heterocycles. The fraction of sp³-hybridized carbons (Fsp3) is 0.150.